The predicted molar refractivity (Wildman–Crippen MR) is 152 cm³/mol. The van der Waals surface area contributed by atoms with Gasteiger partial charge in [-0.3, -0.25) is 14.0 Å². The Bertz CT molecular complexity index is 1020. The van der Waals surface area contributed by atoms with E-state index in [1.165, 1.54) is 38.5 Å². The van der Waals surface area contributed by atoms with Gasteiger partial charge in [-0.15, -0.1) is 6.58 Å². The van der Waals surface area contributed by atoms with Gasteiger partial charge in [-0.25, -0.2) is 4.98 Å². The van der Waals surface area contributed by atoms with Crippen LogP contribution in [0.5, 0.6) is 0 Å². The van der Waals surface area contributed by atoms with Crippen LogP contribution in [-0.2, 0) is 0 Å². The number of carbonyl (C=O) groups is 2. The van der Waals surface area contributed by atoms with Crippen LogP contribution < -0.4 is 5.32 Å². The third kappa shape index (κ3) is 8.44. The molecular formula is C31H48N4O2. The van der Waals surface area contributed by atoms with E-state index in [0.717, 1.165) is 25.2 Å². The fraction of sp³-hybridized carbons (Fsp3) is 0.645. The molecule has 3 atom stereocenters. The molecule has 6 heteroatoms. The third-order valence-corrected chi connectivity index (χ3v) is 7.71. The van der Waals surface area contributed by atoms with Crippen LogP contribution in [0.2, 0.25) is 0 Å². The van der Waals surface area contributed by atoms with Crippen LogP contribution in [0.1, 0.15) is 106 Å². The molecule has 0 saturated heterocycles. The lowest BCUT2D eigenvalue weighted by molar-refractivity contribution is 0.0750. The second kappa shape index (κ2) is 14.3. The number of nitrogens with one attached hydrogen (secondary N) is 1. The summed E-state index contributed by atoms with van der Waals surface area (Å²) >= 11 is 0. The number of amides is 2. The molecular weight excluding hydrogens is 460 g/mol. The molecule has 4 rings (SSSR count). The average molecular weight is 509 g/mol. The van der Waals surface area contributed by atoms with E-state index in [0.29, 0.717) is 54.4 Å². The van der Waals surface area contributed by atoms with Crippen molar-refractivity contribution in [2.75, 3.05) is 19.6 Å². The van der Waals surface area contributed by atoms with Crippen LogP contribution in [0.25, 0.3) is 5.65 Å². The second-order valence-electron chi connectivity index (χ2n) is 11.2. The Balaban J connectivity index is 0.000000468. The number of aromatic nitrogens is 2. The number of pyridine rings is 1. The smallest absolute Gasteiger partial charge is 0.274 e. The molecule has 2 aliphatic rings. The first kappa shape index (κ1) is 28.9. The Hall–Kier alpha value is -2.63. The summed E-state index contributed by atoms with van der Waals surface area (Å²) in [6.45, 7) is 14.6. The van der Waals surface area contributed by atoms with Gasteiger partial charge in [-0.1, -0.05) is 71.9 Å². The minimum atomic E-state index is -0.140. The number of rotatable bonds is 11. The molecule has 2 amide bonds. The van der Waals surface area contributed by atoms with E-state index >= 15 is 0 Å². The highest BCUT2D eigenvalue weighted by atomic mass is 16.2. The Labute approximate surface area is 223 Å². The summed E-state index contributed by atoms with van der Waals surface area (Å²) in [5.41, 5.74) is 1.49. The normalized spacial score (nSPS) is 20.0. The van der Waals surface area contributed by atoms with Gasteiger partial charge < -0.3 is 10.2 Å². The topological polar surface area (TPSA) is 66.7 Å². The number of imidazole rings is 1. The van der Waals surface area contributed by atoms with Crippen LogP contribution in [0.3, 0.4) is 0 Å². The van der Waals surface area contributed by atoms with Crippen molar-refractivity contribution in [3.63, 3.8) is 0 Å². The first-order valence-electron chi connectivity index (χ1n) is 14.6. The molecule has 37 heavy (non-hydrogen) atoms. The Morgan fingerprint density at radius 3 is 2.46 bits per heavy atom. The summed E-state index contributed by atoms with van der Waals surface area (Å²) in [6.07, 6.45) is 15.3. The molecule has 1 N–H and O–H groups in total. The van der Waals surface area contributed by atoms with Crippen LogP contribution in [-0.4, -0.2) is 45.7 Å². The highest BCUT2D eigenvalue weighted by molar-refractivity contribution is 5.95. The van der Waals surface area contributed by atoms with E-state index in [2.05, 4.69) is 44.6 Å². The highest BCUT2D eigenvalue weighted by Gasteiger charge is 2.35. The van der Waals surface area contributed by atoms with Gasteiger partial charge in [0.05, 0.1) is 0 Å². The first-order valence-corrected chi connectivity index (χ1v) is 14.6. The molecule has 2 saturated carbocycles. The van der Waals surface area contributed by atoms with Crippen LogP contribution in [0.4, 0.5) is 0 Å². The predicted octanol–water partition coefficient (Wildman–Crippen LogP) is 6.76. The number of hydrogen-bond acceptors (Lipinski definition) is 3. The molecule has 2 aromatic heterocycles. The average Bonchev–Trinajstić information content (AvgIpc) is 3.50. The second-order valence-corrected chi connectivity index (χ2v) is 11.2. The molecule has 0 bridgehead atoms. The van der Waals surface area contributed by atoms with Gasteiger partial charge in [0, 0.05) is 25.8 Å². The standard InChI is InChI=1S/C24H34N4O2.C7H14/c1-5-11-27(12-6-2)24(30)20-16-28-21(9-8-10-22(28)26-20)23(29)25-15-17(4)13-19-14-18(19)7-3;1-7-5-3-2-4-6-7/h7-10,16-19H,3,5-6,11-15H2,1-2,4H3,(H,25,29);7H,2-6H2,1H3. The third-order valence-electron chi connectivity index (χ3n) is 7.71. The Morgan fingerprint density at radius 1 is 1.19 bits per heavy atom. The number of carbonyl (C=O) groups excluding carboxylic acids is 2. The van der Waals surface area contributed by atoms with Gasteiger partial charge in [0.25, 0.3) is 11.8 Å². The van der Waals surface area contributed by atoms with Crippen LogP contribution >= 0.6 is 0 Å². The van der Waals surface area contributed by atoms with Crippen molar-refractivity contribution in [2.24, 2.45) is 23.7 Å². The van der Waals surface area contributed by atoms with E-state index < -0.39 is 0 Å². The van der Waals surface area contributed by atoms with Crippen molar-refractivity contribution in [1.82, 2.24) is 19.6 Å². The van der Waals surface area contributed by atoms with E-state index in [9.17, 15) is 9.59 Å². The molecule has 2 fully saturated rings. The molecule has 3 unspecified atom stereocenters. The number of hydrogen-bond donors (Lipinski definition) is 1. The van der Waals surface area contributed by atoms with Crippen molar-refractivity contribution in [1.29, 1.82) is 0 Å². The van der Waals surface area contributed by atoms with Crippen LogP contribution in [0, 0.1) is 23.7 Å². The maximum Gasteiger partial charge on any atom is 0.274 e. The number of allylic oxidation sites excluding steroid dienone is 1. The van der Waals surface area contributed by atoms with Gasteiger partial charge in [0.1, 0.15) is 17.0 Å². The fourth-order valence-corrected chi connectivity index (χ4v) is 5.41. The largest absolute Gasteiger partial charge is 0.350 e. The molecule has 0 radical (unpaired) electrons. The van der Waals surface area contributed by atoms with E-state index in [1.54, 1.807) is 16.7 Å². The summed E-state index contributed by atoms with van der Waals surface area (Å²) in [4.78, 5) is 32.0. The molecule has 6 nitrogen and oxygen atoms in total. The zero-order chi connectivity index (χ0) is 26.8. The zero-order valence-corrected chi connectivity index (χ0v) is 23.5. The van der Waals surface area contributed by atoms with Crippen molar-refractivity contribution in [3.05, 3.63) is 48.4 Å². The van der Waals surface area contributed by atoms with E-state index in [-0.39, 0.29) is 11.8 Å². The Kier molecular flexibility index (Phi) is 11.2. The number of fused-ring (bicyclic) bond motifs is 1. The van der Waals surface area contributed by atoms with Gasteiger partial charge in [0.2, 0.25) is 0 Å². The summed E-state index contributed by atoms with van der Waals surface area (Å²) in [5, 5.41) is 3.05. The maximum absolute atomic E-state index is 12.9. The highest BCUT2D eigenvalue weighted by Crippen LogP contribution is 2.43. The lowest BCUT2D eigenvalue weighted by Gasteiger charge is -2.20. The van der Waals surface area contributed by atoms with Gasteiger partial charge in [-0.05, 0) is 61.5 Å². The summed E-state index contributed by atoms with van der Waals surface area (Å²) in [7, 11) is 0. The van der Waals surface area contributed by atoms with Crippen molar-refractivity contribution in [3.8, 4) is 0 Å². The van der Waals surface area contributed by atoms with Crippen LogP contribution in [0.15, 0.2) is 37.1 Å². The lowest BCUT2D eigenvalue weighted by Crippen LogP contribution is -2.32. The van der Waals surface area contributed by atoms with Crippen molar-refractivity contribution < 1.29 is 9.59 Å². The number of nitrogens with zero attached hydrogens (tertiary/aromatic N) is 3. The van der Waals surface area contributed by atoms with Crippen molar-refractivity contribution in [2.45, 2.75) is 85.5 Å². The minimum Gasteiger partial charge on any atom is -0.350 e. The Morgan fingerprint density at radius 2 is 1.89 bits per heavy atom. The summed E-state index contributed by atoms with van der Waals surface area (Å²) < 4.78 is 1.72. The molecule has 0 aliphatic heterocycles. The van der Waals surface area contributed by atoms with Gasteiger partial charge in [0.15, 0.2) is 0 Å². The van der Waals surface area contributed by atoms with Crippen molar-refractivity contribution >= 4 is 17.5 Å². The molecule has 0 spiro atoms. The summed E-state index contributed by atoms with van der Waals surface area (Å²) in [5.74, 6) is 2.60. The quantitative estimate of drug-likeness (QED) is 0.341. The van der Waals surface area contributed by atoms with Gasteiger partial charge in [-0.2, -0.15) is 0 Å². The minimum absolute atomic E-state index is 0.0800. The lowest BCUT2D eigenvalue weighted by atomic mass is 9.91. The molecule has 2 aliphatic carbocycles. The summed E-state index contributed by atoms with van der Waals surface area (Å²) in [6, 6.07) is 5.40. The van der Waals surface area contributed by atoms with Gasteiger partial charge >= 0.3 is 0 Å². The molecule has 0 aromatic carbocycles. The zero-order valence-electron chi connectivity index (χ0n) is 23.5. The fourth-order valence-electron chi connectivity index (χ4n) is 5.41. The maximum atomic E-state index is 12.9. The van der Waals surface area contributed by atoms with E-state index in [4.69, 9.17) is 0 Å². The molecule has 2 heterocycles. The monoisotopic (exact) mass is 508 g/mol. The molecule has 2 aromatic rings. The molecule has 204 valence electrons. The van der Waals surface area contributed by atoms with E-state index in [1.807, 2.05) is 23.1 Å². The first-order chi connectivity index (χ1) is 17.9. The SMILES string of the molecule is C=CC1CC1CC(C)CNC(=O)c1cccc2nc(C(=O)N(CCC)CCC)cn12.CC1CCCCC1.